The molecule has 0 aromatic heterocycles. The van der Waals surface area contributed by atoms with Crippen LogP contribution in [0.2, 0.25) is 0 Å². The number of carbonyl (C=O) groups excluding carboxylic acids is 2. The van der Waals surface area contributed by atoms with Crippen LogP contribution >= 0.6 is 0 Å². The number of esters is 1. The summed E-state index contributed by atoms with van der Waals surface area (Å²) in [5, 5.41) is 0. The third-order valence-electron chi connectivity index (χ3n) is 2.37. The van der Waals surface area contributed by atoms with E-state index >= 15 is 0 Å². The molecule has 0 rings (SSSR count). The van der Waals surface area contributed by atoms with E-state index in [-0.39, 0.29) is 11.7 Å². The van der Waals surface area contributed by atoms with Crippen molar-refractivity contribution in [2.75, 3.05) is 0 Å². The lowest BCUT2D eigenvalue weighted by Crippen LogP contribution is -2.58. The number of carbonyl (C=O) groups is 2. The maximum absolute atomic E-state index is 12.1. The van der Waals surface area contributed by atoms with Gasteiger partial charge in [0.2, 0.25) is 0 Å². The third-order valence-corrected chi connectivity index (χ3v) is 2.37. The molecule has 1 atom stereocenters. The minimum Gasteiger partial charge on any atom is -0.458 e. The normalized spacial score (nSPS) is 15.5. The van der Waals surface area contributed by atoms with E-state index in [1.807, 2.05) is 6.92 Å². The van der Waals surface area contributed by atoms with Crippen LogP contribution in [0.1, 0.15) is 54.4 Å². The van der Waals surface area contributed by atoms with E-state index in [4.69, 9.17) is 10.5 Å². The van der Waals surface area contributed by atoms with Gasteiger partial charge in [-0.25, -0.2) is 4.79 Å². The lowest BCUT2D eigenvalue weighted by molar-refractivity contribution is -0.165. The first kappa shape index (κ1) is 16.1. The summed E-state index contributed by atoms with van der Waals surface area (Å²) in [6.45, 7) is 10.7. The van der Waals surface area contributed by atoms with E-state index in [1.165, 1.54) is 0 Å². The molecule has 0 fully saturated rings. The van der Waals surface area contributed by atoms with Gasteiger partial charge in [-0.05, 0) is 27.2 Å². The van der Waals surface area contributed by atoms with Gasteiger partial charge in [0.05, 0.1) is 0 Å². The Labute approximate surface area is 104 Å². The van der Waals surface area contributed by atoms with Crippen LogP contribution in [-0.2, 0) is 14.3 Å². The van der Waals surface area contributed by atoms with E-state index in [9.17, 15) is 9.59 Å². The second-order valence-electron chi connectivity index (χ2n) is 5.74. The summed E-state index contributed by atoms with van der Waals surface area (Å²) in [7, 11) is 0. The number of rotatable bonds is 5. The second-order valence-corrected chi connectivity index (χ2v) is 5.74. The highest BCUT2D eigenvalue weighted by Gasteiger charge is 2.44. The highest BCUT2D eigenvalue weighted by atomic mass is 16.6. The van der Waals surface area contributed by atoms with Gasteiger partial charge in [-0.15, -0.1) is 0 Å². The summed E-state index contributed by atoms with van der Waals surface area (Å²) < 4.78 is 5.24. The van der Waals surface area contributed by atoms with Crippen molar-refractivity contribution in [3.05, 3.63) is 0 Å². The monoisotopic (exact) mass is 243 g/mol. The predicted molar refractivity (Wildman–Crippen MR) is 67.5 cm³/mol. The zero-order valence-electron chi connectivity index (χ0n) is 11.8. The lowest BCUT2D eigenvalue weighted by atomic mass is 9.84. The Hall–Kier alpha value is -0.900. The molecule has 4 heteroatoms. The molecular formula is C13H25NO3. The molecule has 0 aliphatic carbocycles. The van der Waals surface area contributed by atoms with Gasteiger partial charge >= 0.3 is 5.97 Å². The number of hydrogen-bond acceptors (Lipinski definition) is 4. The highest BCUT2D eigenvalue weighted by molar-refractivity contribution is 6.09. The minimum absolute atomic E-state index is 0.256. The molecule has 100 valence electrons. The Morgan fingerprint density at radius 1 is 1.24 bits per heavy atom. The van der Waals surface area contributed by atoms with Crippen LogP contribution in [0.5, 0.6) is 0 Å². The van der Waals surface area contributed by atoms with Crippen molar-refractivity contribution in [3.8, 4) is 0 Å². The Bertz CT molecular complexity index is 292. The molecular weight excluding hydrogens is 218 g/mol. The van der Waals surface area contributed by atoms with E-state index < -0.39 is 17.1 Å². The van der Waals surface area contributed by atoms with Crippen LogP contribution in [0.25, 0.3) is 0 Å². The summed E-state index contributed by atoms with van der Waals surface area (Å²) in [6, 6.07) is 0. The van der Waals surface area contributed by atoms with Crippen molar-refractivity contribution >= 4 is 11.8 Å². The fourth-order valence-electron chi connectivity index (χ4n) is 1.60. The molecule has 0 aromatic carbocycles. The molecule has 0 saturated heterocycles. The number of ether oxygens (including phenoxy) is 1. The van der Waals surface area contributed by atoms with Gasteiger partial charge in [-0.1, -0.05) is 27.2 Å². The van der Waals surface area contributed by atoms with Crippen molar-refractivity contribution in [2.45, 2.75) is 65.5 Å². The van der Waals surface area contributed by atoms with Crippen molar-refractivity contribution in [2.24, 2.45) is 11.7 Å². The predicted octanol–water partition coefficient (Wildman–Crippen LogP) is 2.05. The van der Waals surface area contributed by atoms with Crippen molar-refractivity contribution < 1.29 is 14.3 Å². The molecule has 2 N–H and O–H groups in total. The number of ketones is 1. The maximum atomic E-state index is 12.1. The van der Waals surface area contributed by atoms with Crippen molar-refractivity contribution in [3.63, 3.8) is 0 Å². The average Bonchev–Trinajstić information content (AvgIpc) is 2.13. The maximum Gasteiger partial charge on any atom is 0.334 e. The molecule has 0 amide bonds. The molecule has 0 aliphatic heterocycles. The first-order valence-corrected chi connectivity index (χ1v) is 6.11. The minimum atomic E-state index is -1.50. The summed E-state index contributed by atoms with van der Waals surface area (Å²) in [5.74, 6) is -1.15. The largest absolute Gasteiger partial charge is 0.458 e. The van der Waals surface area contributed by atoms with Crippen molar-refractivity contribution in [1.82, 2.24) is 0 Å². The summed E-state index contributed by atoms with van der Waals surface area (Å²) in [6.07, 6.45) is 0.979. The molecule has 0 aromatic rings. The topological polar surface area (TPSA) is 69.4 Å². The molecule has 0 radical (unpaired) electrons. The standard InChI is InChI=1S/C13H25NO3/c1-7-8-13(14,10(15)9(2)3)11(16)17-12(4,5)6/h9H,7-8,14H2,1-6H3. The fraction of sp³-hybridized carbons (Fsp3) is 0.846. The first-order valence-electron chi connectivity index (χ1n) is 6.11. The van der Waals surface area contributed by atoms with E-state index in [0.717, 1.165) is 0 Å². The third kappa shape index (κ3) is 4.46. The van der Waals surface area contributed by atoms with Gasteiger partial charge in [0.25, 0.3) is 0 Å². The first-order chi connectivity index (χ1) is 7.54. The van der Waals surface area contributed by atoms with E-state index in [0.29, 0.717) is 12.8 Å². The van der Waals surface area contributed by atoms with Gasteiger partial charge in [0.15, 0.2) is 11.3 Å². The summed E-state index contributed by atoms with van der Waals surface area (Å²) in [5.41, 5.74) is 3.84. The quantitative estimate of drug-likeness (QED) is 0.592. The Morgan fingerprint density at radius 3 is 2.00 bits per heavy atom. The summed E-state index contributed by atoms with van der Waals surface area (Å²) in [4.78, 5) is 24.1. The van der Waals surface area contributed by atoms with E-state index in [1.54, 1.807) is 34.6 Å². The summed E-state index contributed by atoms with van der Waals surface area (Å²) >= 11 is 0. The molecule has 0 bridgehead atoms. The van der Waals surface area contributed by atoms with Crippen LogP contribution in [-0.4, -0.2) is 22.9 Å². The van der Waals surface area contributed by atoms with Crippen LogP contribution in [0.4, 0.5) is 0 Å². The number of hydrogen-bond donors (Lipinski definition) is 1. The SMILES string of the molecule is CCCC(N)(C(=O)OC(C)(C)C)C(=O)C(C)C. The van der Waals surface area contributed by atoms with Gasteiger partial charge in [0, 0.05) is 5.92 Å². The van der Waals surface area contributed by atoms with Crippen LogP contribution < -0.4 is 5.73 Å². The zero-order valence-corrected chi connectivity index (χ0v) is 11.8. The highest BCUT2D eigenvalue weighted by Crippen LogP contribution is 2.21. The van der Waals surface area contributed by atoms with E-state index in [2.05, 4.69) is 0 Å². The fourth-order valence-corrected chi connectivity index (χ4v) is 1.60. The van der Waals surface area contributed by atoms with Gasteiger partial charge in [-0.3, -0.25) is 4.79 Å². The molecule has 1 unspecified atom stereocenters. The lowest BCUT2D eigenvalue weighted by Gasteiger charge is -2.31. The van der Waals surface area contributed by atoms with Crippen molar-refractivity contribution in [1.29, 1.82) is 0 Å². The average molecular weight is 243 g/mol. The number of nitrogens with two attached hydrogens (primary N) is 1. The molecule has 0 aliphatic rings. The molecule has 0 heterocycles. The zero-order chi connectivity index (χ0) is 13.9. The smallest absolute Gasteiger partial charge is 0.334 e. The second kappa shape index (κ2) is 5.63. The molecule has 17 heavy (non-hydrogen) atoms. The van der Waals surface area contributed by atoms with Gasteiger partial charge in [0.1, 0.15) is 5.60 Å². The molecule has 4 nitrogen and oxygen atoms in total. The van der Waals surface area contributed by atoms with Gasteiger partial charge < -0.3 is 10.5 Å². The Kier molecular flexibility index (Phi) is 5.33. The van der Waals surface area contributed by atoms with Crippen LogP contribution in [0.3, 0.4) is 0 Å². The Balaban J connectivity index is 5.07. The van der Waals surface area contributed by atoms with Gasteiger partial charge in [-0.2, -0.15) is 0 Å². The molecule has 0 spiro atoms. The van der Waals surface area contributed by atoms with Crippen LogP contribution in [0.15, 0.2) is 0 Å². The number of Topliss-reactive ketones (excluding diaryl/α,β-unsaturated/α-hetero) is 1. The molecule has 0 saturated carbocycles. The van der Waals surface area contributed by atoms with Crippen LogP contribution in [0, 0.1) is 5.92 Å². The Morgan fingerprint density at radius 2 is 1.71 bits per heavy atom.